The van der Waals surface area contributed by atoms with Crippen LogP contribution in [0.4, 0.5) is 0 Å². The van der Waals surface area contributed by atoms with Gasteiger partial charge in [0.1, 0.15) is 14.9 Å². The number of pyridine rings is 2. The van der Waals surface area contributed by atoms with E-state index in [-0.39, 0.29) is 10.7 Å². The first-order valence-electron chi connectivity index (χ1n) is 11.0. The molecule has 1 aromatic carbocycles. The Kier molecular flexibility index (Phi) is 6.20. The molecule has 0 amide bonds. The zero-order valence-corrected chi connectivity index (χ0v) is 20.2. The fraction of sp³-hybridized carbons (Fsp3) is 0.250. The van der Waals surface area contributed by atoms with Crippen LogP contribution in [0.5, 0.6) is 0 Å². The van der Waals surface area contributed by atoms with E-state index in [0.29, 0.717) is 40.0 Å². The third-order valence-corrected chi connectivity index (χ3v) is 8.58. The van der Waals surface area contributed by atoms with Gasteiger partial charge in [0, 0.05) is 49.7 Å². The number of para-hydroxylation sites is 1. The molecule has 1 aliphatic rings. The molecule has 0 atom stereocenters. The summed E-state index contributed by atoms with van der Waals surface area (Å²) < 4.78 is 29.0. The molecule has 0 spiro atoms. The predicted octanol–water partition coefficient (Wildman–Crippen LogP) is 3.92. The maximum absolute atomic E-state index is 13.2. The molecule has 0 unspecified atom stereocenters. The molecule has 10 heteroatoms. The number of carbonyl (C=O) groups is 1. The van der Waals surface area contributed by atoms with E-state index >= 15 is 0 Å². The summed E-state index contributed by atoms with van der Waals surface area (Å²) in [5.74, 6) is 0.154. The fourth-order valence-corrected chi connectivity index (χ4v) is 6.28. The zero-order valence-electron chi connectivity index (χ0n) is 18.6. The number of nitrogens with zero attached hydrogens (tertiary/aromatic N) is 5. The van der Waals surface area contributed by atoms with Gasteiger partial charge in [-0.2, -0.15) is 4.31 Å². The van der Waals surface area contributed by atoms with Gasteiger partial charge in [-0.3, -0.25) is 4.79 Å². The van der Waals surface area contributed by atoms with Gasteiger partial charge >= 0.3 is 0 Å². The van der Waals surface area contributed by atoms with E-state index in [4.69, 9.17) is 0 Å². The number of sulfonamides is 1. The van der Waals surface area contributed by atoms with Gasteiger partial charge in [-0.05, 0) is 37.1 Å². The molecule has 8 nitrogen and oxygen atoms in total. The number of hydrogen-bond acceptors (Lipinski definition) is 7. The summed E-state index contributed by atoms with van der Waals surface area (Å²) in [6, 6.07) is 12.5. The Bertz CT molecular complexity index is 1460. The molecule has 0 N–H and O–H groups in total. The summed E-state index contributed by atoms with van der Waals surface area (Å²) in [4.78, 5) is 26.7. The Morgan fingerprint density at radius 2 is 1.79 bits per heavy atom. The van der Waals surface area contributed by atoms with Crippen LogP contribution in [0.2, 0.25) is 0 Å². The van der Waals surface area contributed by atoms with Crippen LogP contribution < -0.4 is 0 Å². The van der Waals surface area contributed by atoms with E-state index in [1.165, 1.54) is 22.3 Å². The molecule has 0 saturated carbocycles. The van der Waals surface area contributed by atoms with Crippen LogP contribution in [-0.2, 0) is 17.1 Å². The third-order valence-electron chi connectivity index (χ3n) is 5.83. The largest absolute Gasteiger partial charge is 0.331 e. The van der Waals surface area contributed by atoms with Gasteiger partial charge in [0.25, 0.3) is 0 Å². The van der Waals surface area contributed by atoms with E-state index in [1.54, 1.807) is 42.2 Å². The first-order chi connectivity index (χ1) is 16.4. The van der Waals surface area contributed by atoms with E-state index in [0.717, 1.165) is 24.6 Å². The summed E-state index contributed by atoms with van der Waals surface area (Å²) >= 11 is 1.28. The highest BCUT2D eigenvalue weighted by molar-refractivity contribution is 7.99. The molecular formula is C24H23N5O3S2. The van der Waals surface area contributed by atoms with E-state index in [9.17, 15) is 13.2 Å². The normalized spacial score (nSPS) is 15.0. The van der Waals surface area contributed by atoms with Crippen LogP contribution >= 0.6 is 11.8 Å². The van der Waals surface area contributed by atoms with Crippen molar-refractivity contribution < 1.29 is 13.2 Å². The second-order valence-electron chi connectivity index (χ2n) is 8.12. The van der Waals surface area contributed by atoms with Crippen molar-refractivity contribution in [2.45, 2.75) is 34.2 Å². The Balaban J connectivity index is 1.45. The van der Waals surface area contributed by atoms with E-state index in [2.05, 4.69) is 15.0 Å². The maximum atomic E-state index is 13.2. The molecule has 1 aliphatic heterocycles. The average Bonchev–Trinajstić information content (AvgIpc) is 3.30. The van der Waals surface area contributed by atoms with Crippen LogP contribution in [-0.4, -0.2) is 51.1 Å². The number of hydrogen-bond donors (Lipinski definition) is 0. The number of rotatable bonds is 6. The molecule has 34 heavy (non-hydrogen) atoms. The zero-order chi connectivity index (χ0) is 23.7. The summed E-state index contributed by atoms with van der Waals surface area (Å²) in [7, 11) is -1.76. The molecule has 0 bridgehead atoms. The van der Waals surface area contributed by atoms with Crippen molar-refractivity contribution in [3.63, 3.8) is 0 Å². The molecule has 1 fully saturated rings. The maximum Gasteiger partial charge on any atom is 0.244 e. The Morgan fingerprint density at radius 3 is 2.50 bits per heavy atom. The molecule has 0 radical (unpaired) electrons. The molecule has 174 valence electrons. The first kappa shape index (κ1) is 22.7. The number of imidazole rings is 1. The fourth-order valence-electron chi connectivity index (χ4n) is 4.04. The Hall–Kier alpha value is -3.08. The molecule has 5 rings (SSSR count). The first-order valence-corrected chi connectivity index (χ1v) is 13.2. The minimum Gasteiger partial charge on any atom is -0.331 e. The van der Waals surface area contributed by atoms with Gasteiger partial charge in [0.15, 0.2) is 5.82 Å². The predicted molar refractivity (Wildman–Crippen MR) is 129 cm³/mol. The highest BCUT2D eigenvalue weighted by Gasteiger charge is 2.26. The second-order valence-corrected chi connectivity index (χ2v) is 11.1. The molecule has 0 aliphatic carbocycles. The van der Waals surface area contributed by atoms with Crippen molar-refractivity contribution >= 4 is 38.5 Å². The van der Waals surface area contributed by atoms with Gasteiger partial charge in [0.2, 0.25) is 15.8 Å². The molecular weight excluding hydrogens is 470 g/mol. The number of benzene rings is 1. The van der Waals surface area contributed by atoms with Crippen LogP contribution in [0.1, 0.15) is 35.4 Å². The standard InChI is InChI=1S/C24H23N5O3S2/c1-28-14-11-25-24(28)23(30)19-15-22(27-20-8-4-3-7-18(19)20)33-21-10-9-17(16-26-21)34(31,32)29-12-5-2-6-13-29/h3-4,7-11,14-16H,2,5-6,12-13H2,1H3. The monoisotopic (exact) mass is 493 g/mol. The summed E-state index contributed by atoms with van der Waals surface area (Å²) in [6.45, 7) is 1.10. The number of aromatic nitrogens is 4. The smallest absolute Gasteiger partial charge is 0.244 e. The second kappa shape index (κ2) is 9.28. The van der Waals surface area contributed by atoms with Crippen molar-refractivity contribution in [2.75, 3.05) is 13.1 Å². The summed E-state index contributed by atoms with van der Waals surface area (Å²) in [5.41, 5.74) is 1.20. The van der Waals surface area contributed by atoms with Crippen LogP contribution in [0.3, 0.4) is 0 Å². The van der Waals surface area contributed by atoms with Crippen molar-refractivity contribution in [2.24, 2.45) is 7.05 Å². The third kappa shape index (κ3) is 4.36. The van der Waals surface area contributed by atoms with Crippen LogP contribution in [0.25, 0.3) is 10.9 Å². The topological polar surface area (TPSA) is 98.0 Å². The highest BCUT2D eigenvalue weighted by atomic mass is 32.2. The molecule has 3 aromatic heterocycles. The van der Waals surface area contributed by atoms with Crippen molar-refractivity contribution in [1.82, 2.24) is 23.8 Å². The SMILES string of the molecule is Cn1ccnc1C(=O)c1cc(Sc2ccc(S(=O)(=O)N3CCCCC3)cn2)nc2ccccc12. The molecule has 4 heterocycles. The summed E-state index contributed by atoms with van der Waals surface area (Å²) in [6.07, 6.45) is 7.54. The lowest BCUT2D eigenvalue weighted by molar-refractivity contribution is 0.102. The van der Waals surface area contributed by atoms with Gasteiger partial charge in [-0.25, -0.2) is 23.4 Å². The van der Waals surface area contributed by atoms with Gasteiger partial charge in [0.05, 0.1) is 5.52 Å². The average molecular weight is 494 g/mol. The van der Waals surface area contributed by atoms with Gasteiger partial charge < -0.3 is 4.57 Å². The number of fused-ring (bicyclic) bond motifs is 1. The minimum absolute atomic E-state index is 0.191. The van der Waals surface area contributed by atoms with Crippen LogP contribution in [0, 0.1) is 0 Å². The lowest BCUT2D eigenvalue weighted by atomic mass is 10.1. The van der Waals surface area contributed by atoms with Gasteiger partial charge in [-0.1, -0.05) is 36.4 Å². The lowest BCUT2D eigenvalue weighted by Crippen LogP contribution is -2.35. The molecule has 4 aromatic rings. The van der Waals surface area contributed by atoms with Gasteiger partial charge in [-0.15, -0.1) is 0 Å². The number of piperidine rings is 1. The van der Waals surface area contributed by atoms with Crippen molar-refractivity contribution in [1.29, 1.82) is 0 Å². The highest BCUT2D eigenvalue weighted by Crippen LogP contribution is 2.30. The molecule has 1 saturated heterocycles. The Morgan fingerprint density at radius 1 is 1.00 bits per heavy atom. The number of ketones is 1. The van der Waals surface area contributed by atoms with Crippen LogP contribution in [0.15, 0.2) is 76.0 Å². The quantitative estimate of drug-likeness (QED) is 0.376. The van der Waals surface area contributed by atoms with E-state index < -0.39 is 10.0 Å². The summed E-state index contributed by atoms with van der Waals surface area (Å²) in [5, 5.41) is 1.93. The lowest BCUT2D eigenvalue weighted by Gasteiger charge is -2.25. The minimum atomic E-state index is -3.54. The Labute approximate surface area is 202 Å². The van der Waals surface area contributed by atoms with E-state index in [1.807, 2.05) is 24.3 Å². The number of carbonyl (C=O) groups excluding carboxylic acids is 1. The number of aryl methyl sites for hydroxylation is 1. The van der Waals surface area contributed by atoms with Crippen molar-refractivity contribution in [3.8, 4) is 0 Å². The van der Waals surface area contributed by atoms with Crippen molar-refractivity contribution in [3.05, 3.63) is 72.4 Å².